The van der Waals surface area contributed by atoms with Crippen molar-refractivity contribution in [2.75, 3.05) is 5.32 Å². The molecule has 0 spiro atoms. The maximum absolute atomic E-state index is 10.8. The fourth-order valence-corrected chi connectivity index (χ4v) is 1.86. The Kier molecular flexibility index (Phi) is 2.32. The standard InChI is InChI=1S/C9H9N3OS/c1-6(13)11-9-12-8(5-14-9)7-2-3-10-4-7/h2-5,10H,1H3,(H,11,12,13). The maximum atomic E-state index is 10.8. The fourth-order valence-electron chi connectivity index (χ4n) is 1.10. The molecule has 14 heavy (non-hydrogen) atoms. The summed E-state index contributed by atoms with van der Waals surface area (Å²) in [5.74, 6) is -0.0973. The first-order chi connectivity index (χ1) is 6.75. The molecule has 0 aliphatic rings. The van der Waals surface area contributed by atoms with Crippen LogP contribution in [0.15, 0.2) is 23.8 Å². The average molecular weight is 207 g/mol. The Balaban J connectivity index is 2.22. The van der Waals surface area contributed by atoms with E-state index in [1.165, 1.54) is 18.3 Å². The van der Waals surface area contributed by atoms with Gasteiger partial charge in [-0.15, -0.1) is 11.3 Å². The van der Waals surface area contributed by atoms with Crippen molar-refractivity contribution in [3.05, 3.63) is 23.8 Å². The van der Waals surface area contributed by atoms with Crippen molar-refractivity contribution in [3.8, 4) is 11.3 Å². The molecule has 0 aliphatic heterocycles. The molecule has 5 heteroatoms. The van der Waals surface area contributed by atoms with Gasteiger partial charge < -0.3 is 10.3 Å². The van der Waals surface area contributed by atoms with Crippen molar-refractivity contribution in [3.63, 3.8) is 0 Å². The Morgan fingerprint density at radius 1 is 1.64 bits per heavy atom. The molecule has 0 saturated heterocycles. The summed E-state index contributed by atoms with van der Waals surface area (Å²) in [5, 5.41) is 5.19. The summed E-state index contributed by atoms with van der Waals surface area (Å²) in [5.41, 5.74) is 1.90. The predicted octanol–water partition coefficient (Wildman–Crippen LogP) is 2.10. The maximum Gasteiger partial charge on any atom is 0.223 e. The molecular formula is C9H9N3OS. The molecule has 0 radical (unpaired) electrons. The van der Waals surface area contributed by atoms with Crippen molar-refractivity contribution in [2.24, 2.45) is 0 Å². The van der Waals surface area contributed by atoms with Gasteiger partial charge in [0.05, 0.1) is 5.69 Å². The van der Waals surface area contributed by atoms with E-state index < -0.39 is 0 Å². The smallest absolute Gasteiger partial charge is 0.223 e. The number of H-pyrrole nitrogens is 1. The molecule has 0 bridgehead atoms. The highest BCUT2D eigenvalue weighted by Gasteiger charge is 2.04. The van der Waals surface area contributed by atoms with Gasteiger partial charge in [0.1, 0.15) is 0 Å². The van der Waals surface area contributed by atoms with Crippen LogP contribution in [0.1, 0.15) is 6.92 Å². The van der Waals surface area contributed by atoms with Crippen molar-refractivity contribution < 1.29 is 4.79 Å². The molecular weight excluding hydrogens is 198 g/mol. The van der Waals surface area contributed by atoms with Crippen LogP contribution < -0.4 is 5.32 Å². The van der Waals surface area contributed by atoms with E-state index >= 15 is 0 Å². The lowest BCUT2D eigenvalue weighted by Crippen LogP contribution is -2.04. The Morgan fingerprint density at radius 2 is 2.50 bits per heavy atom. The van der Waals surface area contributed by atoms with Crippen molar-refractivity contribution >= 4 is 22.4 Å². The monoisotopic (exact) mass is 207 g/mol. The molecule has 2 rings (SSSR count). The molecule has 2 aromatic rings. The largest absolute Gasteiger partial charge is 0.367 e. The number of nitrogens with zero attached hydrogens (tertiary/aromatic N) is 1. The lowest BCUT2D eigenvalue weighted by molar-refractivity contribution is -0.114. The van der Waals surface area contributed by atoms with Gasteiger partial charge in [-0.25, -0.2) is 4.98 Å². The molecule has 0 fully saturated rings. The van der Waals surface area contributed by atoms with Gasteiger partial charge in [0, 0.05) is 30.3 Å². The minimum atomic E-state index is -0.0973. The fraction of sp³-hybridized carbons (Fsp3) is 0.111. The van der Waals surface area contributed by atoms with Crippen LogP contribution in [0.2, 0.25) is 0 Å². The number of carbonyl (C=O) groups excluding carboxylic acids is 1. The molecule has 4 nitrogen and oxygen atoms in total. The summed E-state index contributed by atoms with van der Waals surface area (Å²) in [4.78, 5) is 18.0. The Morgan fingerprint density at radius 3 is 3.14 bits per heavy atom. The van der Waals surface area contributed by atoms with Crippen LogP contribution >= 0.6 is 11.3 Å². The van der Waals surface area contributed by atoms with Crippen LogP contribution in [0.25, 0.3) is 11.3 Å². The number of aromatic amines is 1. The van der Waals surface area contributed by atoms with Gasteiger partial charge in [0.15, 0.2) is 5.13 Å². The van der Waals surface area contributed by atoms with Crippen LogP contribution in [0, 0.1) is 0 Å². The van der Waals surface area contributed by atoms with Gasteiger partial charge in [-0.3, -0.25) is 4.79 Å². The van der Waals surface area contributed by atoms with Gasteiger partial charge in [0.2, 0.25) is 5.91 Å². The van der Waals surface area contributed by atoms with Gasteiger partial charge in [0.25, 0.3) is 0 Å². The third-order valence-electron chi connectivity index (χ3n) is 1.68. The SMILES string of the molecule is CC(=O)Nc1nc(-c2cc[nH]c2)cs1. The molecule has 0 unspecified atom stereocenters. The summed E-state index contributed by atoms with van der Waals surface area (Å²) < 4.78 is 0. The van der Waals surface area contributed by atoms with E-state index in [9.17, 15) is 4.79 Å². The zero-order valence-corrected chi connectivity index (χ0v) is 8.39. The Bertz CT molecular complexity index is 433. The molecule has 72 valence electrons. The van der Waals surface area contributed by atoms with E-state index in [1.54, 1.807) is 0 Å². The zero-order valence-electron chi connectivity index (χ0n) is 7.57. The molecule has 2 aromatic heterocycles. The number of anilines is 1. The summed E-state index contributed by atoms with van der Waals surface area (Å²) in [6.07, 6.45) is 3.71. The lowest BCUT2D eigenvalue weighted by atomic mass is 10.3. The van der Waals surface area contributed by atoms with Crippen LogP contribution in [-0.4, -0.2) is 15.9 Å². The first-order valence-corrected chi connectivity index (χ1v) is 5.00. The van der Waals surface area contributed by atoms with E-state index in [0.29, 0.717) is 5.13 Å². The second-order valence-corrected chi connectivity index (χ2v) is 3.68. The van der Waals surface area contributed by atoms with Crippen LogP contribution in [0.3, 0.4) is 0 Å². The minimum absolute atomic E-state index is 0.0973. The third-order valence-corrected chi connectivity index (χ3v) is 2.44. The molecule has 0 aliphatic carbocycles. The molecule has 1 amide bonds. The first kappa shape index (κ1) is 8.96. The number of hydrogen-bond donors (Lipinski definition) is 2. The van der Waals surface area contributed by atoms with Crippen LogP contribution in [0.4, 0.5) is 5.13 Å². The second kappa shape index (κ2) is 3.63. The molecule has 2 heterocycles. The third kappa shape index (κ3) is 1.82. The van der Waals surface area contributed by atoms with E-state index in [1.807, 2.05) is 23.8 Å². The normalized spacial score (nSPS) is 10.1. The summed E-state index contributed by atoms with van der Waals surface area (Å²) in [7, 11) is 0. The number of nitrogens with one attached hydrogen (secondary N) is 2. The van der Waals surface area contributed by atoms with Crippen molar-refractivity contribution in [2.45, 2.75) is 6.92 Å². The zero-order chi connectivity index (χ0) is 9.97. The quantitative estimate of drug-likeness (QED) is 0.792. The number of amides is 1. The van der Waals surface area contributed by atoms with E-state index in [-0.39, 0.29) is 5.91 Å². The summed E-state index contributed by atoms with van der Waals surface area (Å²) >= 11 is 1.42. The van der Waals surface area contributed by atoms with Gasteiger partial charge >= 0.3 is 0 Å². The highest BCUT2D eigenvalue weighted by atomic mass is 32.1. The average Bonchev–Trinajstić information content (AvgIpc) is 2.69. The van der Waals surface area contributed by atoms with Gasteiger partial charge in [-0.05, 0) is 6.07 Å². The lowest BCUT2D eigenvalue weighted by Gasteiger charge is -1.92. The predicted molar refractivity (Wildman–Crippen MR) is 56.2 cm³/mol. The second-order valence-electron chi connectivity index (χ2n) is 2.82. The Hall–Kier alpha value is -1.62. The van der Waals surface area contributed by atoms with Gasteiger partial charge in [-0.1, -0.05) is 0 Å². The van der Waals surface area contributed by atoms with Crippen LogP contribution in [-0.2, 0) is 4.79 Å². The molecule has 0 aromatic carbocycles. The van der Waals surface area contributed by atoms with Gasteiger partial charge in [-0.2, -0.15) is 0 Å². The molecule has 2 N–H and O–H groups in total. The number of carbonyl (C=O) groups is 1. The van der Waals surface area contributed by atoms with Crippen molar-refractivity contribution in [1.29, 1.82) is 0 Å². The Labute approximate surface area is 85.0 Å². The van der Waals surface area contributed by atoms with Crippen molar-refractivity contribution in [1.82, 2.24) is 9.97 Å². The number of hydrogen-bond acceptors (Lipinski definition) is 3. The minimum Gasteiger partial charge on any atom is -0.367 e. The molecule has 0 atom stereocenters. The number of aromatic nitrogens is 2. The van der Waals surface area contributed by atoms with E-state index in [0.717, 1.165) is 11.3 Å². The van der Waals surface area contributed by atoms with E-state index in [2.05, 4.69) is 15.3 Å². The number of rotatable bonds is 2. The first-order valence-electron chi connectivity index (χ1n) is 4.12. The molecule has 0 saturated carbocycles. The highest BCUT2D eigenvalue weighted by Crippen LogP contribution is 2.24. The van der Waals surface area contributed by atoms with Crippen LogP contribution in [0.5, 0.6) is 0 Å². The summed E-state index contributed by atoms with van der Waals surface area (Å²) in [6, 6.07) is 1.94. The highest BCUT2D eigenvalue weighted by molar-refractivity contribution is 7.14. The number of thiazole rings is 1. The summed E-state index contributed by atoms with van der Waals surface area (Å²) in [6.45, 7) is 1.47. The van der Waals surface area contributed by atoms with E-state index in [4.69, 9.17) is 0 Å². The topological polar surface area (TPSA) is 57.8 Å².